The summed E-state index contributed by atoms with van der Waals surface area (Å²) in [5.74, 6) is 0. The summed E-state index contributed by atoms with van der Waals surface area (Å²) in [6, 6.07) is 0. The van der Waals surface area contributed by atoms with E-state index in [9.17, 15) is 0 Å². The van der Waals surface area contributed by atoms with Gasteiger partial charge in [-0.25, -0.2) is 0 Å². The lowest BCUT2D eigenvalue weighted by Gasteiger charge is -2.17. The van der Waals surface area contributed by atoms with Gasteiger partial charge in [-0.1, -0.05) is 0 Å². The smallest absolute Gasteiger partial charge is 0.0553 e. The summed E-state index contributed by atoms with van der Waals surface area (Å²) < 4.78 is 5.55. The highest BCUT2D eigenvalue weighted by atomic mass is 16.5. The molecule has 0 aromatic carbocycles. The first kappa shape index (κ1) is 6.62. The highest BCUT2D eigenvalue weighted by Crippen LogP contribution is 2.37. The minimum atomic E-state index is 0.500. The van der Waals surface area contributed by atoms with E-state index >= 15 is 0 Å². The first-order valence-corrected chi connectivity index (χ1v) is 4.13. The third-order valence-electron chi connectivity index (χ3n) is 2.73. The van der Waals surface area contributed by atoms with E-state index in [1.807, 2.05) is 0 Å². The Balaban J connectivity index is 2.03. The van der Waals surface area contributed by atoms with Crippen molar-refractivity contribution in [3.8, 4) is 0 Å². The zero-order chi connectivity index (χ0) is 7.03. The molecule has 0 saturated carbocycles. The first-order valence-electron chi connectivity index (χ1n) is 4.13. The van der Waals surface area contributed by atoms with Crippen LogP contribution < -0.4 is 5.32 Å². The molecule has 2 heteroatoms. The van der Waals surface area contributed by atoms with Gasteiger partial charge in [-0.2, -0.15) is 0 Å². The van der Waals surface area contributed by atoms with E-state index in [1.54, 1.807) is 0 Å². The third kappa shape index (κ3) is 0.956. The van der Waals surface area contributed by atoms with Crippen molar-refractivity contribution >= 4 is 0 Å². The van der Waals surface area contributed by atoms with Crippen LogP contribution in [0.4, 0.5) is 0 Å². The van der Waals surface area contributed by atoms with Gasteiger partial charge in [0.15, 0.2) is 0 Å². The van der Waals surface area contributed by atoms with Crippen LogP contribution in [0.15, 0.2) is 0 Å². The molecule has 2 saturated heterocycles. The van der Waals surface area contributed by atoms with E-state index in [0.717, 1.165) is 6.61 Å². The fraction of sp³-hybridized carbons (Fsp3) is 1.00. The Morgan fingerprint density at radius 1 is 1.60 bits per heavy atom. The quantitative estimate of drug-likeness (QED) is 0.538. The van der Waals surface area contributed by atoms with Gasteiger partial charge in [0.2, 0.25) is 0 Å². The van der Waals surface area contributed by atoms with Gasteiger partial charge in [0.05, 0.1) is 12.7 Å². The lowest BCUT2D eigenvalue weighted by atomic mass is 9.85. The largest absolute Gasteiger partial charge is 0.378 e. The molecular formula is C8H15NO. The van der Waals surface area contributed by atoms with Gasteiger partial charge in [0, 0.05) is 12.0 Å². The lowest BCUT2D eigenvalue weighted by Crippen LogP contribution is -2.23. The van der Waals surface area contributed by atoms with Crippen molar-refractivity contribution in [3.05, 3.63) is 0 Å². The van der Waals surface area contributed by atoms with Crippen LogP contribution in [-0.2, 0) is 4.74 Å². The van der Waals surface area contributed by atoms with E-state index in [-0.39, 0.29) is 0 Å². The van der Waals surface area contributed by atoms with Crippen molar-refractivity contribution < 1.29 is 4.74 Å². The van der Waals surface area contributed by atoms with Gasteiger partial charge >= 0.3 is 0 Å². The molecule has 2 aliphatic heterocycles. The SMILES string of the molecule is C[C@H]1C[C@]2(CCNC2)CO1. The fourth-order valence-electron chi connectivity index (χ4n) is 2.14. The predicted octanol–water partition coefficient (Wildman–Crippen LogP) is 0.775. The van der Waals surface area contributed by atoms with Crippen LogP contribution in [0.3, 0.4) is 0 Å². The lowest BCUT2D eigenvalue weighted by molar-refractivity contribution is 0.109. The highest BCUT2D eigenvalue weighted by molar-refractivity contribution is 4.92. The molecule has 2 aliphatic rings. The van der Waals surface area contributed by atoms with E-state index in [0.29, 0.717) is 11.5 Å². The molecule has 0 aliphatic carbocycles. The highest BCUT2D eigenvalue weighted by Gasteiger charge is 2.40. The average molecular weight is 141 g/mol. The summed E-state index contributed by atoms with van der Waals surface area (Å²) in [5, 5.41) is 3.40. The second kappa shape index (κ2) is 2.21. The Bertz CT molecular complexity index is 129. The van der Waals surface area contributed by atoms with Gasteiger partial charge in [0.25, 0.3) is 0 Å². The summed E-state index contributed by atoms with van der Waals surface area (Å²) in [6.45, 7) is 5.53. The van der Waals surface area contributed by atoms with E-state index in [4.69, 9.17) is 4.74 Å². The maximum Gasteiger partial charge on any atom is 0.0553 e. The Morgan fingerprint density at radius 2 is 2.50 bits per heavy atom. The molecule has 58 valence electrons. The molecule has 1 N–H and O–H groups in total. The summed E-state index contributed by atoms with van der Waals surface area (Å²) in [7, 11) is 0. The van der Waals surface area contributed by atoms with Crippen LogP contribution in [0.5, 0.6) is 0 Å². The van der Waals surface area contributed by atoms with Crippen molar-refractivity contribution in [2.75, 3.05) is 19.7 Å². The fourth-order valence-corrected chi connectivity index (χ4v) is 2.14. The average Bonchev–Trinajstić information content (AvgIpc) is 2.46. The van der Waals surface area contributed by atoms with Crippen LogP contribution in [0.25, 0.3) is 0 Å². The number of rotatable bonds is 0. The van der Waals surface area contributed by atoms with Gasteiger partial charge in [-0.05, 0) is 26.3 Å². The van der Waals surface area contributed by atoms with Crippen LogP contribution in [0.1, 0.15) is 19.8 Å². The normalized spacial score (nSPS) is 47.1. The molecule has 0 bridgehead atoms. The van der Waals surface area contributed by atoms with Gasteiger partial charge in [-0.15, -0.1) is 0 Å². The summed E-state index contributed by atoms with van der Waals surface area (Å²) in [4.78, 5) is 0. The summed E-state index contributed by atoms with van der Waals surface area (Å²) in [6.07, 6.45) is 3.08. The van der Waals surface area contributed by atoms with Crippen LogP contribution in [0, 0.1) is 5.41 Å². The molecule has 1 spiro atoms. The predicted molar refractivity (Wildman–Crippen MR) is 40.0 cm³/mol. The molecule has 0 aromatic heterocycles. The topological polar surface area (TPSA) is 21.3 Å². The molecule has 10 heavy (non-hydrogen) atoms. The summed E-state index contributed by atoms with van der Waals surface area (Å²) in [5.41, 5.74) is 0.527. The van der Waals surface area contributed by atoms with Crippen molar-refractivity contribution in [1.29, 1.82) is 0 Å². The maximum atomic E-state index is 5.55. The number of hydrogen-bond acceptors (Lipinski definition) is 2. The molecular weight excluding hydrogens is 126 g/mol. The van der Waals surface area contributed by atoms with E-state index in [1.165, 1.54) is 25.9 Å². The van der Waals surface area contributed by atoms with Crippen LogP contribution in [-0.4, -0.2) is 25.8 Å². The molecule has 2 heterocycles. The van der Waals surface area contributed by atoms with Crippen molar-refractivity contribution in [2.24, 2.45) is 5.41 Å². The molecule has 2 nitrogen and oxygen atoms in total. The first-order chi connectivity index (χ1) is 4.81. The zero-order valence-corrected chi connectivity index (χ0v) is 6.52. The van der Waals surface area contributed by atoms with Crippen LogP contribution in [0.2, 0.25) is 0 Å². The molecule has 0 amide bonds. The Labute approximate surface area is 61.9 Å². The second-order valence-electron chi connectivity index (χ2n) is 3.75. The Hall–Kier alpha value is -0.0800. The Morgan fingerprint density at radius 3 is 3.00 bits per heavy atom. The van der Waals surface area contributed by atoms with Crippen molar-refractivity contribution in [3.63, 3.8) is 0 Å². The zero-order valence-electron chi connectivity index (χ0n) is 6.52. The van der Waals surface area contributed by atoms with Crippen LogP contribution >= 0.6 is 0 Å². The molecule has 0 aromatic rings. The molecule has 0 radical (unpaired) electrons. The van der Waals surface area contributed by atoms with Gasteiger partial charge < -0.3 is 10.1 Å². The number of ether oxygens (including phenoxy) is 1. The minimum Gasteiger partial charge on any atom is -0.378 e. The molecule has 0 unspecified atom stereocenters. The monoisotopic (exact) mass is 141 g/mol. The Kier molecular flexibility index (Phi) is 1.46. The van der Waals surface area contributed by atoms with Gasteiger partial charge in [-0.3, -0.25) is 0 Å². The standard InChI is InChI=1S/C8H15NO/c1-7-4-8(6-10-7)2-3-9-5-8/h7,9H,2-6H2,1H3/t7-,8-/m0/s1. The number of nitrogens with one attached hydrogen (secondary N) is 1. The van der Waals surface area contributed by atoms with Crippen molar-refractivity contribution in [2.45, 2.75) is 25.9 Å². The van der Waals surface area contributed by atoms with Gasteiger partial charge in [0.1, 0.15) is 0 Å². The summed E-state index contributed by atoms with van der Waals surface area (Å²) >= 11 is 0. The second-order valence-corrected chi connectivity index (χ2v) is 3.75. The molecule has 2 atom stereocenters. The molecule has 2 rings (SSSR count). The van der Waals surface area contributed by atoms with E-state index < -0.39 is 0 Å². The maximum absolute atomic E-state index is 5.55. The van der Waals surface area contributed by atoms with E-state index in [2.05, 4.69) is 12.2 Å². The van der Waals surface area contributed by atoms with Crippen molar-refractivity contribution in [1.82, 2.24) is 5.32 Å². The third-order valence-corrected chi connectivity index (χ3v) is 2.73. The number of hydrogen-bond donors (Lipinski definition) is 1. The minimum absolute atomic E-state index is 0.500. The molecule has 2 fully saturated rings.